The highest BCUT2D eigenvalue weighted by atomic mass is 35.5. The van der Waals surface area contributed by atoms with Crippen molar-refractivity contribution < 1.29 is 0 Å². The zero-order chi connectivity index (χ0) is 18.0. The van der Waals surface area contributed by atoms with Gasteiger partial charge in [-0.25, -0.2) is 0 Å². The normalized spacial score (nSPS) is 11.4. The Hall–Kier alpha value is -1.30. The molecular weight excluding hydrogens is 370 g/mol. The summed E-state index contributed by atoms with van der Waals surface area (Å²) in [5, 5.41) is 13.0. The third-order valence-electron chi connectivity index (χ3n) is 4.16. The summed E-state index contributed by atoms with van der Waals surface area (Å²) in [6, 6.07) is 8.28. The Morgan fingerprint density at radius 3 is 2.56 bits per heavy atom. The lowest BCUT2D eigenvalue weighted by Gasteiger charge is -2.14. The van der Waals surface area contributed by atoms with Gasteiger partial charge in [-0.2, -0.15) is 0 Å². The SMILES string of the molecule is CCc1c(-c2nnc(SCc3ccc(Cl)cc3)n2C(C)C)csc1C. The van der Waals surface area contributed by atoms with E-state index >= 15 is 0 Å². The number of nitrogens with zero attached hydrogens (tertiary/aromatic N) is 3. The van der Waals surface area contributed by atoms with Gasteiger partial charge in [-0.3, -0.25) is 4.57 Å². The Kier molecular flexibility index (Phi) is 5.87. The van der Waals surface area contributed by atoms with Gasteiger partial charge in [0.1, 0.15) is 0 Å². The Labute approximate surface area is 162 Å². The van der Waals surface area contributed by atoms with Crippen molar-refractivity contribution >= 4 is 34.7 Å². The molecule has 0 saturated carbocycles. The minimum absolute atomic E-state index is 0.308. The largest absolute Gasteiger partial charge is 0.299 e. The maximum absolute atomic E-state index is 5.97. The van der Waals surface area contributed by atoms with E-state index in [1.165, 1.54) is 21.6 Å². The zero-order valence-corrected chi connectivity index (χ0v) is 17.3. The summed E-state index contributed by atoms with van der Waals surface area (Å²) in [5.41, 5.74) is 3.84. The fraction of sp³-hybridized carbons (Fsp3) is 0.368. The first kappa shape index (κ1) is 18.5. The summed E-state index contributed by atoms with van der Waals surface area (Å²) >= 11 is 9.48. The van der Waals surface area contributed by atoms with Crippen LogP contribution in [0.1, 0.15) is 42.8 Å². The maximum atomic E-state index is 5.97. The van der Waals surface area contributed by atoms with Gasteiger partial charge >= 0.3 is 0 Å². The van der Waals surface area contributed by atoms with Gasteiger partial charge in [-0.15, -0.1) is 21.5 Å². The van der Waals surface area contributed by atoms with Crippen molar-refractivity contribution in [1.82, 2.24) is 14.8 Å². The molecule has 0 fully saturated rings. The van der Waals surface area contributed by atoms with E-state index in [1.807, 2.05) is 12.1 Å². The van der Waals surface area contributed by atoms with Gasteiger partial charge in [-0.05, 0) is 50.5 Å². The molecule has 132 valence electrons. The predicted molar refractivity (Wildman–Crippen MR) is 109 cm³/mol. The van der Waals surface area contributed by atoms with Gasteiger partial charge in [-0.1, -0.05) is 42.4 Å². The van der Waals surface area contributed by atoms with E-state index in [1.54, 1.807) is 23.1 Å². The van der Waals surface area contributed by atoms with Crippen LogP contribution in [0.5, 0.6) is 0 Å². The van der Waals surface area contributed by atoms with Gasteiger partial charge in [0.25, 0.3) is 0 Å². The van der Waals surface area contributed by atoms with E-state index in [4.69, 9.17) is 11.6 Å². The number of aromatic nitrogens is 3. The summed E-state index contributed by atoms with van der Waals surface area (Å²) in [4.78, 5) is 1.37. The monoisotopic (exact) mass is 391 g/mol. The van der Waals surface area contributed by atoms with Crippen LogP contribution in [0.3, 0.4) is 0 Å². The number of benzene rings is 1. The summed E-state index contributed by atoms with van der Waals surface area (Å²) < 4.78 is 2.25. The summed E-state index contributed by atoms with van der Waals surface area (Å²) in [5.74, 6) is 1.83. The summed E-state index contributed by atoms with van der Waals surface area (Å²) in [7, 11) is 0. The van der Waals surface area contributed by atoms with Gasteiger partial charge in [0.15, 0.2) is 11.0 Å². The van der Waals surface area contributed by atoms with Crippen LogP contribution in [0.2, 0.25) is 5.02 Å². The van der Waals surface area contributed by atoms with Crippen molar-refractivity contribution in [3.8, 4) is 11.4 Å². The second kappa shape index (κ2) is 7.94. The van der Waals surface area contributed by atoms with Crippen LogP contribution < -0.4 is 0 Å². The average molecular weight is 392 g/mol. The van der Waals surface area contributed by atoms with Crippen LogP contribution in [0.25, 0.3) is 11.4 Å². The van der Waals surface area contributed by atoms with Crippen molar-refractivity contribution in [1.29, 1.82) is 0 Å². The van der Waals surface area contributed by atoms with Crippen molar-refractivity contribution in [3.63, 3.8) is 0 Å². The van der Waals surface area contributed by atoms with Gasteiger partial charge in [0.2, 0.25) is 0 Å². The standard InChI is InChI=1S/C19H22ClN3S2/c1-5-16-13(4)24-11-17(16)18-21-22-19(23(18)12(2)3)25-10-14-6-8-15(20)9-7-14/h6-9,11-12H,5,10H2,1-4H3. The number of thioether (sulfide) groups is 1. The van der Waals surface area contributed by atoms with Crippen LogP contribution >= 0.6 is 34.7 Å². The molecule has 6 heteroatoms. The number of hydrogen-bond donors (Lipinski definition) is 0. The molecule has 3 rings (SSSR count). The van der Waals surface area contributed by atoms with E-state index in [9.17, 15) is 0 Å². The number of halogens is 1. The highest BCUT2D eigenvalue weighted by Gasteiger charge is 2.20. The Morgan fingerprint density at radius 2 is 1.92 bits per heavy atom. The molecule has 1 aromatic carbocycles. The highest BCUT2D eigenvalue weighted by molar-refractivity contribution is 7.98. The molecule has 0 amide bonds. The molecule has 2 aromatic heterocycles. The number of thiophene rings is 1. The van der Waals surface area contributed by atoms with Crippen LogP contribution in [0.4, 0.5) is 0 Å². The van der Waals surface area contributed by atoms with E-state index in [2.05, 4.69) is 60.0 Å². The first-order chi connectivity index (χ1) is 12.0. The molecule has 0 radical (unpaired) electrons. The maximum Gasteiger partial charge on any atom is 0.192 e. The third-order valence-corrected chi connectivity index (χ3v) is 6.38. The number of hydrogen-bond acceptors (Lipinski definition) is 4. The molecule has 0 aliphatic heterocycles. The van der Waals surface area contributed by atoms with Crippen molar-refractivity contribution in [2.75, 3.05) is 0 Å². The van der Waals surface area contributed by atoms with Crippen LogP contribution in [0.15, 0.2) is 34.8 Å². The molecular formula is C19H22ClN3S2. The van der Waals surface area contributed by atoms with Crippen LogP contribution in [-0.4, -0.2) is 14.8 Å². The molecule has 3 aromatic rings. The smallest absolute Gasteiger partial charge is 0.192 e. The summed E-state index contributed by atoms with van der Waals surface area (Å²) in [6.07, 6.45) is 1.02. The van der Waals surface area contributed by atoms with Gasteiger partial charge in [0, 0.05) is 32.6 Å². The van der Waals surface area contributed by atoms with Gasteiger partial charge < -0.3 is 0 Å². The fourth-order valence-corrected chi connectivity index (χ4v) is 4.95. The van der Waals surface area contributed by atoms with E-state index in [-0.39, 0.29) is 0 Å². The number of aryl methyl sites for hydroxylation is 1. The first-order valence-electron chi connectivity index (χ1n) is 8.40. The Bertz CT molecular complexity index is 850. The number of rotatable bonds is 6. The molecule has 0 unspecified atom stereocenters. The molecule has 25 heavy (non-hydrogen) atoms. The van der Waals surface area contributed by atoms with Crippen LogP contribution in [0, 0.1) is 6.92 Å². The second-order valence-corrected chi connectivity index (χ2v) is 8.69. The Morgan fingerprint density at radius 1 is 1.20 bits per heavy atom. The lowest BCUT2D eigenvalue weighted by atomic mass is 10.1. The van der Waals surface area contributed by atoms with Crippen LogP contribution in [-0.2, 0) is 12.2 Å². The molecule has 0 aliphatic rings. The lowest BCUT2D eigenvalue weighted by molar-refractivity contribution is 0.555. The average Bonchev–Trinajstić information content (AvgIpc) is 3.17. The minimum atomic E-state index is 0.308. The van der Waals surface area contributed by atoms with E-state index in [0.717, 1.165) is 28.2 Å². The lowest BCUT2D eigenvalue weighted by Crippen LogP contribution is -2.05. The first-order valence-corrected chi connectivity index (χ1v) is 10.6. The molecule has 2 heterocycles. The quantitative estimate of drug-likeness (QED) is 0.455. The van der Waals surface area contributed by atoms with E-state index in [0.29, 0.717) is 6.04 Å². The van der Waals surface area contributed by atoms with E-state index < -0.39 is 0 Å². The minimum Gasteiger partial charge on any atom is -0.299 e. The molecule has 0 aliphatic carbocycles. The highest BCUT2D eigenvalue weighted by Crippen LogP contribution is 2.35. The molecule has 0 saturated heterocycles. The predicted octanol–water partition coefficient (Wildman–Crippen LogP) is 6.40. The van der Waals surface area contributed by atoms with Crippen molar-refractivity contribution in [3.05, 3.63) is 50.7 Å². The van der Waals surface area contributed by atoms with Gasteiger partial charge in [0.05, 0.1) is 0 Å². The molecule has 0 bridgehead atoms. The molecule has 3 nitrogen and oxygen atoms in total. The molecule has 0 spiro atoms. The molecule has 0 N–H and O–H groups in total. The third kappa shape index (κ3) is 3.94. The Balaban J connectivity index is 1.90. The topological polar surface area (TPSA) is 30.7 Å². The molecule has 0 atom stereocenters. The zero-order valence-electron chi connectivity index (χ0n) is 14.9. The summed E-state index contributed by atoms with van der Waals surface area (Å²) in [6.45, 7) is 8.75. The fourth-order valence-electron chi connectivity index (χ4n) is 2.86. The van der Waals surface area contributed by atoms with Crippen molar-refractivity contribution in [2.45, 2.75) is 51.1 Å². The van der Waals surface area contributed by atoms with Crippen molar-refractivity contribution in [2.24, 2.45) is 0 Å². The second-order valence-electron chi connectivity index (χ2n) is 6.22.